The van der Waals surface area contributed by atoms with E-state index in [0.717, 1.165) is 0 Å². The summed E-state index contributed by atoms with van der Waals surface area (Å²) in [6, 6.07) is 6.22. The third-order valence-electron chi connectivity index (χ3n) is 2.12. The van der Waals surface area contributed by atoms with Crippen molar-refractivity contribution in [2.24, 2.45) is 4.99 Å². The van der Waals surface area contributed by atoms with E-state index in [4.69, 9.17) is 4.74 Å². The second kappa shape index (κ2) is 5.67. The van der Waals surface area contributed by atoms with E-state index in [2.05, 4.69) is 4.99 Å². The van der Waals surface area contributed by atoms with Crippen LogP contribution in [0, 0.1) is 0 Å². The van der Waals surface area contributed by atoms with Gasteiger partial charge in [-0.1, -0.05) is 12.1 Å². The molecule has 1 rings (SSSR count). The molecule has 0 aromatic heterocycles. The maximum atomic E-state index is 11.7. The molecule has 1 aromatic rings. The predicted octanol–water partition coefficient (Wildman–Crippen LogP) is 2.54. The van der Waals surface area contributed by atoms with Crippen LogP contribution in [-0.4, -0.2) is 28.9 Å². The summed E-state index contributed by atoms with van der Waals surface area (Å²) in [4.78, 5) is 15.7. The number of carbonyl (C=O) groups excluding carboxylic acids is 1. The van der Waals surface area contributed by atoms with Crippen LogP contribution in [0.15, 0.2) is 29.3 Å². The predicted molar refractivity (Wildman–Crippen MR) is 71.0 cm³/mol. The maximum Gasteiger partial charge on any atom is 0.331 e. The topological polar surface area (TPSA) is 58.9 Å². The van der Waals surface area contributed by atoms with Crippen molar-refractivity contribution in [1.29, 1.82) is 0 Å². The van der Waals surface area contributed by atoms with E-state index in [0.29, 0.717) is 5.56 Å². The SMILES string of the molecule is CC(N=Cc1ccccc1O)C(=O)OC(C)(C)C. The largest absolute Gasteiger partial charge is 0.507 e. The maximum absolute atomic E-state index is 11.7. The molecule has 1 N–H and O–H groups in total. The molecule has 0 amide bonds. The van der Waals surface area contributed by atoms with Gasteiger partial charge in [0, 0.05) is 11.8 Å². The quantitative estimate of drug-likeness (QED) is 0.661. The van der Waals surface area contributed by atoms with Crippen molar-refractivity contribution < 1.29 is 14.6 Å². The van der Waals surface area contributed by atoms with Gasteiger partial charge in [-0.05, 0) is 39.8 Å². The second-order valence-electron chi connectivity index (χ2n) is 5.05. The average molecular weight is 249 g/mol. The number of carbonyl (C=O) groups is 1. The number of ether oxygens (including phenoxy) is 1. The highest BCUT2D eigenvalue weighted by molar-refractivity contribution is 5.86. The normalized spacial score (nSPS) is 13.6. The van der Waals surface area contributed by atoms with Crippen LogP contribution in [0.1, 0.15) is 33.3 Å². The van der Waals surface area contributed by atoms with Crippen LogP contribution in [-0.2, 0) is 9.53 Å². The van der Waals surface area contributed by atoms with Crippen molar-refractivity contribution in [2.45, 2.75) is 39.3 Å². The number of aliphatic imine (C=N–C) groups is 1. The number of aromatic hydroxyl groups is 1. The van der Waals surface area contributed by atoms with Crippen LogP contribution in [0.25, 0.3) is 0 Å². The van der Waals surface area contributed by atoms with Crippen molar-refractivity contribution >= 4 is 12.2 Å². The number of phenols is 1. The van der Waals surface area contributed by atoms with E-state index < -0.39 is 11.6 Å². The lowest BCUT2D eigenvalue weighted by atomic mass is 10.2. The molecular weight excluding hydrogens is 230 g/mol. The van der Waals surface area contributed by atoms with Crippen LogP contribution in [0.4, 0.5) is 0 Å². The molecule has 18 heavy (non-hydrogen) atoms. The van der Waals surface area contributed by atoms with Gasteiger partial charge in [0.2, 0.25) is 0 Å². The Bertz CT molecular complexity index is 447. The number of hydrogen-bond acceptors (Lipinski definition) is 4. The van der Waals surface area contributed by atoms with Crippen LogP contribution >= 0.6 is 0 Å². The van der Waals surface area contributed by atoms with Crippen molar-refractivity contribution in [1.82, 2.24) is 0 Å². The standard InChI is InChI=1S/C14H19NO3/c1-10(13(17)18-14(2,3)4)15-9-11-7-5-6-8-12(11)16/h5-10,16H,1-4H3. The summed E-state index contributed by atoms with van der Waals surface area (Å²) >= 11 is 0. The van der Waals surface area contributed by atoms with Crippen molar-refractivity contribution in [3.8, 4) is 5.75 Å². The van der Waals surface area contributed by atoms with Gasteiger partial charge in [-0.2, -0.15) is 0 Å². The van der Waals surface area contributed by atoms with E-state index >= 15 is 0 Å². The smallest absolute Gasteiger partial charge is 0.331 e. The van der Waals surface area contributed by atoms with Gasteiger partial charge in [-0.3, -0.25) is 4.99 Å². The third kappa shape index (κ3) is 4.57. The molecule has 0 saturated carbocycles. The van der Waals surface area contributed by atoms with Crippen LogP contribution in [0.5, 0.6) is 5.75 Å². The molecule has 0 bridgehead atoms. The fourth-order valence-electron chi connectivity index (χ4n) is 1.24. The first-order chi connectivity index (χ1) is 8.29. The number of hydrogen-bond donors (Lipinski definition) is 1. The van der Waals surface area contributed by atoms with Gasteiger partial charge < -0.3 is 9.84 Å². The van der Waals surface area contributed by atoms with Gasteiger partial charge in [0.05, 0.1) is 0 Å². The molecule has 0 aliphatic rings. The second-order valence-corrected chi connectivity index (χ2v) is 5.05. The molecule has 0 saturated heterocycles. The monoisotopic (exact) mass is 249 g/mol. The Morgan fingerprint density at radius 1 is 1.39 bits per heavy atom. The number of para-hydroxylation sites is 1. The van der Waals surface area contributed by atoms with Crippen molar-refractivity contribution in [3.05, 3.63) is 29.8 Å². The van der Waals surface area contributed by atoms with E-state index in [9.17, 15) is 9.90 Å². The fourth-order valence-corrected chi connectivity index (χ4v) is 1.24. The van der Waals surface area contributed by atoms with Gasteiger partial charge in [-0.15, -0.1) is 0 Å². The lowest BCUT2D eigenvalue weighted by Crippen LogP contribution is -2.29. The number of benzene rings is 1. The lowest BCUT2D eigenvalue weighted by molar-refractivity contribution is -0.155. The minimum atomic E-state index is -0.594. The summed E-state index contributed by atoms with van der Waals surface area (Å²) < 4.78 is 5.20. The number of phenolic OH excluding ortho intramolecular Hbond substituents is 1. The van der Waals surface area contributed by atoms with Gasteiger partial charge in [-0.25, -0.2) is 4.79 Å². The molecule has 0 fully saturated rings. The average Bonchev–Trinajstić information content (AvgIpc) is 2.25. The number of nitrogens with zero attached hydrogens (tertiary/aromatic N) is 1. The van der Waals surface area contributed by atoms with E-state index in [1.807, 2.05) is 20.8 Å². The van der Waals surface area contributed by atoms with Gasteiger partial charge in [0.1, 0.15) is 17.4 Å². The first-order valence-electron chi connectivity index (χ1n) is 5.83. The molecular formula is C14H19NO3. The Kier molecular flexibility index (Phi) is 4.48. The summed E-state index contributed by atoms with van der Waals surface area (Å²) in [5.41, 5.74) is 0.0587. The molecule has 0 aliphatic heterocycles. The van der Waals surface area contributed by atoms with E-state index in [1.165, 1.54) is 6.21 Å². The fraction of sp³-hybridized carbons (Fsp3) is 0.429. The van der Waals surface area contributed by atoms with E-state index in [-0.39, 0.29) is 11.7 Å². The van der Waals surface area contributed by atoms with E-state index in [1.54, 1.807) is 31.2 Å². The Hall–Kier alpha value is -1.84. The molecule has 1 atom stereocenters. The summed E-state index contributed by atoms with van der Waals surface area (Å²) in [6.07, 6.45) is 1.48. The molecule has 4 heteroatoms. The highest BCUT2D eigenvalue weighted by atomic mass is 16.6. The van der Waals surface area contributed by atoms with Crippen molar-refractivity contribution in [2.75, 3.05) is 0 Å². The Balaban J connectivity index is 2.68. The zero-order valence-electron chi connectivity index (χ0n) is 11.2. The first-order valence-corrected chi connectivity index (χ1v) is 5.83. The highest BCUT2D eigenvalue weighted by Gasteiger charge is 2.20. The van der Waals surface area contributed by atoms with Gasteiger partial charge in [0.15, 0.2) is 0 Å². The minimum Gasteiger partial charge on any atom is -0.507 e. The van der Waals surface area contributed by atoms with Crippen LogP contribution in [0.3, 0.4) is 0 Å². The summed E-state index contributed by atoms with van der Waals surface area (Å²) in [7, 11) is 0. The third-order valence-corrected chi connectivity index (χ3v) is 2.12. The minimum absolute atomic E-state index is 0.137. The Morgan fingerprint density at radius 2 is 2.00 bits per heavy atom. The molecule has 0 spiro atoms. The Morgan fingerprint density at radius 3 is 2.56 bits per heavy atom. The molecule has 1 aromatic carbocycles. The van der Waals surface area contributed by atoms with Crippen LogP contribution in [0.2, 0.25) is 0 Å². The zero-order chi connectivity index (χ0) is 13.8. The van der Waals surface area contributed by atoms with Crippen LogP contribution < -0.4 is 0 Å². The summed E-state index contributed by atoms with van der Waals surface area (Å²) in [5.74, 6) is -0.244. The number of esters is 1. The Labute approximate surface area is 107 Å². The number of rotatable bonds is 3. The first kappa shape index (κ1) is 14.2. The summed E-state index contributed by atoms with van der Waals surface area (Å²) in [6.45, 7) is 7.09. The molecule has 98 valence electrons. The molecule has 0 heterocycles. The van der Waals surface area contributed by atoms with Crippen molar-refractivity contribution in [3.63, 3.8) is 0 Å². The zero-order valence-corrected chi connectivity index (χ0v) is 11.2. The molecule has 0 radical (unpaired) electrons. The molecule has 1 unspecified atom stereocenters. The molecule has 0 aliphatic carbocycles. The van der Waals surface area contributed by atoms with Gasteiger partial charge >= 0.3 is 5.97 Å². The highest BCUT2D eigenvalue weighted by Crippen LogP contribution is 2.14. The lowest BCUT2D eigenvalue weighted by Gasteiger charge is -2.20. The molecule has 4 nitrogen and oxygen atoms in total. The summed E-state index contributed by atoms with van der Waals surface area (Å²) in [5, 5.41) is 9.54. The van der Waals surface area contributed by atoms with Gasteiger partial charge in [0.25, 0.3) is 0 Å².